The van der Waals surface area contributed by atoms with E-state index in [4.69, 9.17) is 5.73 Å². The van der Waals surface area contributed by atoms with Crippen LogP contribution in [-0.4, -0.2) is 20.4 Å². The van der Waals surface area contributed by atoms with Crippen molar-refractivity contribution in [3.63, 3.8) is 0 Å². The summed E-state index contributed by atoms with van der Waals surface area (Å²) in [5.41, 5.74) is 7.10. The molecule has 0 bridgehead atoms. The van der Waals surface area contributed by atoms with Gasteiger partial charge in [-0.3, -0.25) is 9.78 Å². The number of fused-ring (bicyclic) bond motifs is 1. The van der Waals surface area contributed by atoms with E-state index < -0.39 is 0 Å². The SMILES string of the molecule is Cn1ccnc1CNC(=O)c1sc2cccnc2c1N. The van der Waals surface area contributed by atoms with Crippen molar-refractivity contribution in [1.82, 2.24) is 19.9 Å². The average Bonchev–Trinajstić information content (AvgIpc) is 3.01. The summed E-state index contributed by atoms with van der Waals surface area (Å²) in [5, 5.41) is 2.82. The summed E-state index contributed by atoms with van der Waals surface area (Å²) in [7, 11) is 1.88. The minimum absolute atomic E-state index is 0.200. The lowest BCUT2D eigenvalue weighted by atomic mass is 10.3. The van der Waals surface area contributed by atoms with Gasteiger partial charge in [0.1, 0.15) is 16.2 Å². The van der Waals surface area contributed by atoms with Crippen LogP contribution < -0.4 is 11.1 Å². The maximum Gasteiger partial charge on any atom is 0.263 e. The predicted octanol–water partition coefficient (Wildman–Crippen LogP) is 1.54. The number of nitrogens with one attached hydrogen (secondary N) is 1. The van der Waals surface area contributed by atoms with Crippen LogP contribution in [-0.2, 0) is 13.6 Å². The van der Waals surface area contributed by atoms with Crippen molar-refractivity contribution in [2.24, 2.45) is 7.05 Å². The van der Waals surface area contributed by atoms with Gasteiger partial charge in [-0.1, -0.05) is 0 Å². The standard InChI is InChI=1S/C13H13N5OS/c1-18-6-5-15-9(18)7-17-13(19)12-10(14)11-8(20-12)3-2-4-16-11/h2-6H,7,14H2,1H3,(H,17,19). The number of amides is 1. The van der Waals surface area contributed by atoms with Crippen LogP contribution in [0.3, 0.4) is 0 Å². The quantitative estimate of drug-likeness (QED) is 0.765. The van der Waals surface area contributed by atoms with Gasteiger partial charge in [0.15, 0.2) is 0 Å². The van der Waals surface area contributed by atoms with Crippen molar-refractivity contribution in [1.29, 1.82) is 0 Å². The first-order valence-corrected chi connectivity index (χ1v) is 6.86. The first-order valence-electron chi connectivity index (χ1n) is 6.04. The number of hydrogen-bond acceptors (Lipinski definition) is 5. The zero-order valence-corrected chi connectivity index (χ0v) is 11.6. The van der Waals surface area contributed by atoms with Gasteiger partial charge in [-0.25, -0.2) is 4.98 Å². The lowest BCUT2D eigenvalue weighted by molar-refractivity contribution is 0.0954. The van der Waals surface area contributed by atoms with Crippen molar-refractivity contribution >= 4 is 33.1 Å². The van der Waals surface area contributed by atoms with Crippen LogP contribution >= 0.6 is 11.3 Å². The van der Waals surface area contributed by atoms with Crippen LogP contribution in [0.25, 0.3) is 10.2 Å². The van der Waals surface area contributed by atoms with Crippen LogP contribution in [0.4, 0.5) is 5.69 Å². The number of nitrogens with two attached hydrogens (primary N) is 1. The highest BCUT2D eigenvalue weighted by atomic mass is 32.1. The summed E-state index contributed by atoms with van der Waals surface area (Å²) in [4.78, 5) is 21.0. The van der Waals surface area contributed by atoms with Crippen molar-refractivity contribution in [2.75, 3.05) is 5.73 Å². The van der Waals surface area contributed by atoms with E-state index in [1.54, 1.807) is 12.4 Å². The third-order valence-corrected chi connectivity index (χ3v) is 4.18. The normalized spacial score (nSPS) is 10.8. The zero-order chi connectivity index (χ0) is 14.1. The summed E-state index contributed by atoms with van der Waals surface area (Å²) in [6.07, 6.45) is 5.19. The van der Waals surface area contributed by atoms with E-state index in [0.29, 0.717) is 22.6 Å². The van der Waals surface area contributed by atoms with Crippen molar-refractivity contribution in [3.05, 3.63) is 41.4 Å². The molecule has 3 rings (SSSR count). The number of nitrogen functional groups attached to an aromatic ring is 1. The Hall–Kier alpha value is -2.41. The van der Waals surface area contributed by atoms with Crippen LogP contribution in [0.2, 0.25) is 0 Å². The summed E-state index contributed by atoms with van der Waals surface area (Å²) in [6, 6.07) is 3.73. The Morgan fingerprint density at radius 1 is 1.45 bits per heavy atom. The zero-order valence-electron chi connectivity index (χ0n) is 10.8. The highest BCUT2D eigenvalue weighted by Crippen LogP contribution is 2.31. The number of aromatic nitrogens is 3. The van der Waals surface area contributed by atoms with Crippen LogP contribution in [0.15, 0.2) is 30.7 Å². The molecule has 0 aliphatic rings. The number of hydrogen-bond donors (Lipinski definition) is 2. The summed E-state index contributed by atoms with van der Waals surface area (Å²) in [6.45, 7) is 0.365. The van der Waals surface area contributed by atoms with Gasteiger partial charge in [0.25, 0.3) is 5.91 Å². The average molecular weight is 287 g/mol. The molecule has 0 radical (unpaired) electrons. The molecular weight excluding hydrogens is 274 g/mol. The molecule has 3 aromatic heterocycles. The molecular formula is C13H13N5OS. The summed E-state index contributed by atoms with van der Waals surface area (Å²) >= 11 is 1.35. The predicted molar refractivity (Wildman–Crippen MR) is 78.4 cm³/mol. The van der Waals surface area contributed by atoms with Gasteiger partial charge in [0, 0.05) is 25.6 Å². The Morgan fingerprint density at radius 2 is 2.30 bits per heavy atom. The number of carbonyl (C=O) groups excluding carboxylic acids is 1. The molecule has 0 fully saturated rings. The molecule has 0 atom stereocenters. The van der Waals surface area contributed by atoms with Gasteiger partial charge in [-0.05, 0) is 12.1 Å². The van der Waals surface area contributed by atoms with Gasteiger partial charge in [0.05, 0.1) is 16.9 Å². The van der Waals surface area contributed by atoms with E-state index >= 15 is 0 Å². The molecule has 0 aliphatic heterocycles. The molecule has 3 N–H and O–H groups in total. The monoisotopic (exact) mass is 287 g/mol. The fourth-order valence-electron chi connectivity index (χ4n) is 1.92. The van der Waals surface area contributed by atoms with E-state index in [9.17, 15) is 4.79 Å². The van der Waals surface area contributed by atoms with Crippen LogP contribution in [0.1, 0.15) is 15.5 Å². The number of anilines is 1. The first kappa shape index (κ1) is 12.6. The molecule has 1 amide bonds. The molecule has 6 nitrogen and oxygen atoms in total. The molecule has 0 spiro atoms. The maximum atomic E-state index is 12.2. The number of thiophene rings is 1. The molecule has 0 unspecified atom stereocenters. The van der Waals surface area contributed by atoms with Gasteiger partial charge < -0.3 is 15.6 Å². The lowest BCUT2D eigenvalue weighted by Crippen LogP contribution is -2.24. The smallest absolute Gasteiger partial charge is 0.263 e. The Morgan fingerprint density at radius 3 is 3.00 bits per heavy atom. The number of aryl methyl sites for hydroxylation is 1. The Bertz CT molecular complexity index is 776. The first-order chi connectivity index (χ1) is 9.66. The largest absolute Gasteiger partial charge is 0.396 e. The van der Waals surface area contributed by atoms with Gasteiger partial charge in [-0.15, -0.1) is 11.3 Å². The van der Waals surface area contributed by atoms with Crippen LogP contribution in [0.5, 0.6) is 0 Å². The molecule has 7 heteroatoms. The van der Waals surface area contributed by atoms with E-state index in [2.05, 4.69) is 15.3 Å². The van der Waals surface area contributed by atoms with Crippen molar-refractivity contribution in [2.45, 2.75) is 6.54 Å². The van der Waals surface area contributed by atoms with E-state index in [0.717, 1.165) is 10.5 Å². The Kier molecular flexibility index (Phi) is 3.11. The number of rotatable bonds is 3. The second-order valence-corrected chi connectivity index (χ2v) is 5.38. The highest BCUT2D eigenvalue weighted by Gasteiger charge is 2.17. The van der Waals surface area contributed by atoms with Gasteiger partial charge in [0.2, 0.25) is 0 Å². The van der Waals surface area contributed by atoms with Crippen LogP contribution in [0, 0.1) is 0 Å². The molecule has 0 aromatic carbocycles. The number of nitrogens with zero attached hydrogens (tertiary/aromatic N) is 3. The Balaban J connectivity index is 1.82. The molecule has 20 heavy (non-hydrogen) atoms. The second-order valence-electron chi connectivity index (χ2n) is 4.33. The highest BCUT2D eigenvalue weighted by molar-refractivity contribution is 7.21. The molecule has 0 aliphatic carbocycles. The fraction of sp³-hybridized carbons (Fsp3) is 0.154. The molecule has 0 saturated heterocycles. The van der Waals surface area contributed by atoms with Gasteiger partial charge >= 0.3 is 0 Å². The van der Waals surface area contributed by atoms with Crippen molar-refractivity contribution in [3.8, 4) is 0 Å². The number of carbonyl (C=O) groups is 1. The molecule has 0 saturated carbocycles. The number of pyridine rings is 1. The minimum Gasteiger partial charge on any atom is -0.396 e. The summed E-state index contributed by atoms with van der Waals surface area (Å²) in [5.74, 6) is 0.588. The van der Waals surface area contributed by atoms with Gasteiger partial charge in [-0.2, -0.15) is 0 Å². The van der Waals surface area contributed by atoms with Crippen molar-refractivity contribution < 1.29 is 4.79 Å². The minimum atomic E-state index is -0.200. The second kappa shape index (κ2) is 4.93. The van der Waals surface area contributed by atoms with E-state index in [1.807, 2.05) is 29.9 Å². The fourth-order valence-corrected chi connectivity index (χ4v) is 2.92. The topological polar surface area (TPSA) is 85.8 Å². The number of imidazole rings is 1. The summed E-state index contributed by atoms with van der Waals surface area (Å²) < 4.78 is 2.77. The molecule has 102 valence electrons. The molecule has 3 aromatic rings. The maximum absolute atomic E-state index is 12.2. The lowest BCUT2D eigenvalue weighted by Gasteiger charge is -2.04. The third-order valence-electron chi connectivity index (χ3n) is 3.02. The third kappa shape index (κ3) is 2.12. The van der Waals surface area contributed by atoms with E-state index in [1.165, 1.54) is 11.3 Å². The Labute approximate surface area is 119 Å². The molecule has 3 heterocycles. The van der Waals surface area contributed by atoms with E-state index in [-0.39, 0.29) is 5.91 Å².